The number of fused-ring (bicyclic) bond motifs is 1. The van der Waals surface area contributed by atoms with Crippen LogP contribution in [-0.2, 0) is 25.5 Å². The molecule has 0 bridgehead atoms. The van der Waals surface area contributed by atoms with E-state index >= 15 is 0 Å². The number of methoxy groups -OCH3 is 1. The van der Waals surface area contributed by atoms with Crippen molar-refractivity contribution in [1.29, 1.82) is 0 Å². The van der Waals surface area contributed by atoms with Crippen molar-refractivity contribution in [2.75, 3.05) is 20.3 Å². The van der Waals surface area contributed by atoms with Crippen LogP contribution in [-0.4, -0.2) is 38.2 Å². The van der Waals surface area contributed by atoms with Gasteiger partial charge in [-0.1, -0.05) is 24.3 Å². The van der Waals surface area contributed by atoms with Crippen LogP contribution in [0.2, 0.25) is 0 Å². The maximum atomic E-state index is 11.8. The molecular weight excluding hydrogens is 270 g/mol. The van der Waals surface area contributed by atoms with Crippen LogP contribution in [0.4, 0.5) is 0 Å². The lowest BCUT2D eigenvalue weighted by atomic mass is 9.97. The fraction of sp³-hybridized carbons (Fsp3) is 0.375. The first-order valence-corrected chi connectivity index (χ1v) is 6.92. The molecule has 0 radical (unpaired) electrons. The van der Waals surface area contributed by atoms with Gasteiger partial charge < -0.3 is 9.47 Å². The summed E-state index contributed by atoms with van der Waals surface area (Å²) >= 11 is 0. The standard InChI is InChI=1S/C16H19NO4/c1-3-21-15(18)9-12-10-17-14(16(19)20-2)8-11-6-4-5-7-13(11)12/h4-7,9,14,17H,3,8,10H2,1-2H3/b12-9+/t14-/m0/s1. The molecule has 1 N–H and O–H groups in total. The van der Waals surface area contributed by atoms with E-state index in [1.165, 1.54) is 13.2 Å². The molecule has 0 aromatic heterocycles. The lowest BCUT2D eigenvalue weighted by molar-refractivity contribution is -0.143. The third-order valence-electron chi connectivity index (χ3n) is 3.39. The molecular formula is C16H19NO4. The number of hydrogen-bond acceptors (Lipinski definition) is 5. The highest BCUT2D eigenvalue weighted by Crippen LogP contribution is 2.23. The van der Waals surface area contributed by atoms with Crippen LogP contribution >= 0.6 is 0 Å². The van der Waals surface area contributed by atoms with Crippen molar-refractivity contribution in [2.24, 2.45) is 0 Å². The van der Waals surface area contributed by atoms with Crippen molar-refractivity contribution in [2.45, 2.75) is 19.4 Å². The minimum absolute atomic E-state index is 0.304. The predicted octanol–water partition coefficient (Wildman–Crippen LogP) is 1.32. The highest BCUT2D eigenvalue weighted by atomic mass is 16.5. The number of hydrogen-bond donors (Lipinski definition) is 1. The first-order chi connectivity index (χ1) is 10.2. The van der Waals surface area contributed by atoms with Gasteiger partial charge in [-0.15, -0.1) is 0 Å². The molecule has 1 aliphatic rings. The molecule has 5 nitrogen and oxygen atoms in total. The van der Waals surface area contributed by atoms with Gasteiger partial charge in [0.1, 0.15) is 6.04 Å². The summed E-state index contributed by atoms with van der Waals surface area (Å²) in [5, 5.41) is 3.13. The van der Waals surface area contributed by atoms with Crippen molar-refractivity contribution in [3.63, 3.8) is 0 Å². The van der Waals surface area contributed by atoms with Crippen LogP contribution < -0.4 is 5.32 Å². The molecule has 2 rings (SSSR count). The van der Waals surface area contributed by atoms with Crippen molar-refractivity contribution >= 4 is 17.5 Å². The zero-order chi connectivity index (χ0) is 15.2. The molecule has 0 saturated carbocycles. The molecule has 0 spiro atoms. The number of carbonyl (C=O) groups is 2. The van der Waals surface area contributed by atoms with Gasteiger partial charge in [-0.3, -0.25) is 10.1 Å². The number of nitrogens with one attached hydrogen (secondary N) is 1. The quantitative estimate of drug-likeness (QED) is 0.671. The summed E-state index contributed by atoms with van der Waals surface area (Å²) < 4.78 is 9.76. The van der Waals surface area contributed by atoms with Gasteiger partial charge in [0.15, 0.2) is 0 Å². The Morgan fingerprint density at radius 2 is 2.14 bits per heavy atom. The lowest BCUT2D eigenvalue weighted by Crippen LogP contribution is -2.38. The predicted molar refractivity (Wildman–Crippen MR) is 78.6 cm³/mol. The molecule has 1 atom stereocenters. The molecule has 112 valence electrons. The van der Waals surface area contributed by atoms with E-state index in [1.807, 2.05) is 24.3 Å². The van der Waals surface area contributed by atoms with Gasteiger partial charge in [0.25, 0.3) is 0 Å². The average molecular weight is 289 g/mol. The first-order valence-electron chi connectivity index (χ1n) is 6.92. The second-order valence-corrected chi connectivity index (χ2v) is 4.74. The monoisotopic (exact) mass is 289 g/mol. The molecule has 5 heteroatoms. The van der Waals surface area contributed by atoms with Gasteiger partial charge in [0, 0.05) is 12.6 Å². The molecule has 0 saturated heterocycles. The minimum Gasteiger partial charge on any atom is -0.468 e. The van der Waals surface area contributed by atoms with Crippen molar-refractivity contribution in [3.05, 3.63) is 41.5 Å². The zero-order valence-corrected chi connectivity index (χ0v) is 12.2. The SMILES string of the molecule is CCOC(=O)/C=C1\CN[C@H](C(=O)OC)Cc2ccccc21. The summed E-state index contributed by atoms with van der Waals surface area (Å²) in [5.41, 5.74) is 2.79. The van der Waals surface area contributed by atoms with Gasteiger partial charge in [-0.05, 0) is 30.0 Å². The van der Waals surface area contributed by atoms with Gasteiger partial charge in [0.2, 0.25) is 0 Å². The normalized spacial score (nSPS) is 19.5. The maximum Gasteiger partial charge on any atom is 0.331 e. The Morgan fingerprint density at radius 1 is 1.38 bits per heavy atom. The van der Waals surface area contributed by atoms with Crippen molar-refractivity contribution in [1.82, 2.24) is 5.32 Å². The Kier molecular flexibility index (Phi) is 5.11. The Balaban J connectivity index is 2.33. The van der Waals surface area contributed by atoms with Crippen molar-refractivity contribution < 1.29 is 19.1 Å². The van der Waals surface area contributed by atoms with Gasteiger partial charge in [-0.25, -0.2) is 4.79 Å². The van der Waals surface area contributed by atoms with E-state index in [0.29, 0.717) is 19.6 Å². The largest absolute Gasteiger partial charge is 0.468 e. The van der Waals surface area contributed by atoms with Crippen LogP contribution in [0.3, 0.4) is 0 Å². The molecule has 1 heterocycles. The maximum absolute atomic E-state index is 11.8. The molecule has 0 fully saturated rings. The lowest BCUT2D eigenvalue weighted by Gasteiger charge is -2.12. The number of carbonyl (C=O) groups excluding carboxylic acids is 2. The van der Waals surface area contributed by atoms with E-state index in [9.17, 15) is 9.59 Å². The topological polar surface area (TPSA) is 64.6 Å². The summed E-state index contributed by atoms with van der Waals surface area (Å²) in [5.74, 6) is -0.678. The third-order valence-corrected chi connectivity index (χ3v) is 3.39. The smallest absolute Gasteiger partial charge is 0.331 e. The van der Waals surface area contributed by atoms with E-state index in [0.717, 1.165) is 16.7 Å². The molecule has 0 aliphatic carbocycles. The number of esters is 2. The van der Waals surface area contributed by atoms with Crippen LogP contribution in [0, 0.1) is 0 Å². The summed E-state index contributed by atoms with van der Waals surface area (Å²) in [7, 11) is 1.37. The Labute approximate surface area is 123 Å². The van der Waals surface area contributed by atoms with Crippen LogP contribution in [0.1, 0.15) is 18.1 Å². The molecule has 1 aromatic rings. The number of ether oxygens (including phenoxy) is 2. The van der Waals surface area contributed by atoms with E-state index in [-0.39, 0.29) is 11.9 Å². The zero-order valence-electron chi connectivity index (χ0n) is 12.2. The minimum atomic E-state index is -0.413. The van der Waals surface area contributed by atoms with E-state index in [2.05, 4.69) is 5.32 Å². The number of benzene rings is 1. The third kappa shape index (κ3) is 3.70. The summed E-state index contributed by atoms with van der Waals surface area (Å²) in [6, 6.07) is 7.32. The Morgan fingerprint density at radius 3 is 2.86 bits per heavy atom. The summed E-state index contributed by atoms with van der Waals surface area (Å²) in [6.45, 7) is 2.51. The average Bonchev–Trinajstić information content (AvgIpc) is 2.67. The molecule has 21 heavy (non-hydrogen) atoms. The van der Waals surface area contributed by atoms with Crippen molar-refractivity contribution in [3.8, 4) is 0 Å². The van der Waals surface area contributed by atoms with Crippen LogP contribution in [0.25, 0.3) is 5.57 Å². The highest BCUT2D eigenvalue weighted by Gasteiger charge is 2.25. The fourth-order valence-corrected chi connectivity index (χ4v) is 2.40. The highest BCUT2D eigenvalue weighted by molar-refractivity contribution is 5.93. The van der Waals surface area contributed by atoms with E-state index < -0.39 is 6.04 Å². The van der Waals surface area contributed by atoms with Crippen LogP contribution in [0.15, 0.2) is 30.3 Å². The van der Waals surface area contributed by atoms with Gasteiger partial charge >= 0.3 is 11.9 Å². The van der Waals surface area contributed by atoms with Gasteiger partial charge in [0.05, 0.1) is 13.7 Å². The first kappa shape index (κ1) is 15.3. The van der Waals surface area contributed by atoms with Gasteiger partial charge in [-0.2, -0.15) is 0 Å². The molecule has 1 aromatic carbocycles. The fourth-order valence-electron chi connectivity index (χ4n) is 2.40. The van der Waals surface area contributed by atoms with E-state index in [4.69, 9.17) is 9.47 Å². The Bertz CT molecular complexity index is 565. The van der Waals surface area contributed by atoms with Crippen LogP contribution in [0.5, 0.6) is 0 Å². The summed E-state index contributed by atoms with van der Waals surface area (Å²) in [6.07, 6.45) is 2.01. The molecule has 0 amide bonds. The summed E-state index contributed by atoms with van der Waals surface area (Å²) in [4.78, 5) is 23.5. The second-order valence-electron chi connectivity index (χ2n) is 4.74. The molecule has 1 aliphatic heterocycles. The number of rotatable bonds is 3. The molecule has 0 unspecified atom stereocenters. The second kappa shape index (κ2) is 7.04. The Hall–Kier alpha value is -2.14. The van der Waals surface area contributed by atoms with E-state index in [1.54, 1.807) is 6.92 Å².